The monoisotopic (exact) mass is 328 g/mol. The smallest absolute Gasteiger partial charge is 0.252 e. The van der Waals surface area contributed by atoms with Crippen molar-refractivity contribution in [3.63, 3.8) is 0 Å². The van der Waals surface area contributed by atoms with E-state index in [1.54, 1.807) is 19.2 Å². The van der Waals surface area contributed by atoms with Crippen LogP contribution < -0.4 is 5.32 Å². The van der Waals surface area contributed by atoms with E-state index < -0.39 is 10.0 Å². The number of sulfonamides is 1. The summed E-state index contributed by atoms with van der Waals surface area (Å²) in [7, 11) is -0.0685. The molecular weight excluding hydrogens is 308 g/mol. The quantitative estimate of drug-likeness (QED) is 0.885. The molecule has 0 aliphatic heterocycles. The third-order valence-corrected chi connectivity index (χ3v) is 6.66. The summed E-state index contributed by atoms with van der Waals surface area (Å²) in [5.74, 6) is 1.42. The third kappa shape index (κ3) is 3.55. The molecule has 0 amide bonds. The molecule has 0 unspecified atom stereocenters. The summed E-state index contributed by atoms with van der Waals surface area (Å²) in [6.07, 6.45) is 0. The third-order valence-electron chi connectivity index (χ3n) is 3.17. The molecule has 0 fully saturated rings. The summed E-state index contributed by atoms with van der Waals surface area (Å²) in [4.78, 5) is 1.04. The molecule has 0 aliphatic rings. The SMILES string of the molecule is CNCc1sc(S(=O)(=O)N(C)Cc2ccc(C)o2)cc1C. The van der Waals surface area contributed by atoms with Crippen LogP contribution in [0.3, 0.4) is 0 Å². The number of furan rings is 1. The Balaban J connectivity index is 2.22. The molecule has 7 heteroatoms. The number of rotatable bonds is 6. The van der Waals surface area contributed by atoms with Gasteiger partial charge in [0.1, 0.15) is 15.7 Å². The van der Waals surface area contributed by atoms with Crippen LogP contribution >= 0.6 is 11.3 Å². The van der Waals surface area contributed by atoms with E-state index in [0.29, 0.717) is 16.5 Å². The summed E-state index contributed by atoms with van der Waals surface area (Å²) in [5.41, 5.74) is 0.996. The maximum absolute atomic E-state index is 12.6. The van der Waals surface area contributed by atoms with Crippen molar-refractivity contribution in [2.24, 2.45) is 0 Å². The predicted octanol–water partition coefficient (Wildman–Crippen LogP) is 2.50. The molecule has 0 bridgehead atoms. The van der Waals surface area contributed by atoms with Crippen molar-refractivity contribution < 1.29 is 12.8 Å². The van der Waals surface area contributed by atoms with E-state index in [4.69, 9.17) is 4.42 Å². The van der Waals surface area contributed by atoms with Gasteiger partial charge in [-0.25, -0.2) is 8.42 Å². The number of thiophene rings is 1. The molecule has 0 saturated heterocycles. The lowest BCUT2D eigenvalue weighted by Gasteiger charge is -2.14. The molecule has 0 aliphatic carbocycles. The molecule has 2 heterocycles. The van der Waals surface area contributed by atoms with Gasteiger partial charge < -0.3 is 9.73 Å². The maximum atomic E-state index is 12.6. The van der Waals surface area contributed by atoms with Crippen molar-refractivity contribution in [1.82, 2.24) is 9.62 Å². The minimum Gasteiger partial charge on any atom is -0.465 e. The first-order valence-corrected chi connectivity index (χ1v) is 8.86. The summed E-state index contributed by atoms with van der Waals surface area (Å²) in [6, 6.07) is 5.36. The maximum Gasteiger partial charge on any atom is 0.252 e. The van der Waals surface area contributed by atoms with Crippen molar-refractivity contribution >= 4 is 21.4 Å². The van der Waals surface area contributed by atoms with E-state index >= 15 is 0 Å². The van der Waals surface area contributed by atoms with E-state index in [9.17, 15) is 8.42 Å². The number of nitrogens with zero attached hydrogens (tertiary/aromatic N) is 1. The van der Waals surface area contributed by atoms with Gasteiger partial charge in [-0.1, -0.05) is 0 Å². The van der Waals surface area contributed by atoms with Gasteiger partial charge >= 0.3 is 0 Å². The average Bonchev–Trinajstić information content (AvgIpc) is 2.97. The normalized spacial score (nSPS) is 12.2. The lowest BCUT2D eigenvalue weighted by molar-refractivity contribution is 0.398. The lowest BCUT2D eigenvalue weighted by Crippen LogP contribution is -2.25. The van der Waals surface area contributed by atoms with Crippen LogP contribution in [0.25, 0.3) is 0 Å². The zero-order valence-corrected chi connectivity index (χ0v) is 14.3. The second-order valence-electron chi connectivity index (χ2n) is 4.98. The van der Waals surface area contributed by atoms with Crippen LogP contribution in [-0.4, -0.2) is 26.8 Å². The molecule has 21 heavy (non-hydrogen) atoms. The van der Waals surface area contributed by atoms with E-state index in [-0.39, 0.29) is 6.54 Å². The standard InChI is InChI=1S/C14H20N2O3S2/c1-10-7-14(20-13(10)8-15-3)21(17,18)16(4)9-12-6-5-11(2)19-12/h5-7,15H,8-9H2,1-4H3. The van der Waals surface area contributed by atoms with Gasteiger partial charge in [-0.15, -0.1) is 11.3 Å². The Morgan fingerprint density at radius 2 is 2.05 bits per heavy atom. The highest BCUT2D eigenvalue weighted by molar-refractivity contribution is 7.91. The Labute approximate surface area is 129 Å². The van der Waals surface area contributed by atoms with Crippen LogP contribution in [0.5, 0.6) is 0 Å². The van der Waals surface area contributed by atoms with Crippen molar-refractivity contribution in [2.75, 3.05) is 14.1 Å². The summed E-state index contributed by atoms with van der Waals surface area (Å²) >= 11 is 1.31. The average molecular weight is 328 g/mol. The zero-order chi connectivity index (χ0) is 15.6. The van der Waals surface area contributed by atoms with Crippen LogP contribution in [0.2, 0.25) is 0 Å². The van der Waals surface area contributed by atoms with Crippen LogP contribution in [0, 0.1) is 13.8 Å². The largest absolute Gasteiger partial charge is 0.465 e. The highest BCUT2D eigenvalue weighted by atomic mass is 32.2. The van der Waals surface area contributed by atoms with Crippen LogP contribution in [0.4, 0.5) is 0 Å². The van der Waals surface area contributed by atoms with Crippen molar-refractivity contribution in [3.05, 3.63) is 40.2 Å². The minimum atomic E-state index is -3.48. The number of nitrogens with one attached hydrogen (secondary N) is 1. The van der Waals surface area contributed by atoms with Gasteiger partial charge in [0.05, 0.1) is 6.54 Å². The van der Waals surface area contributed by atoms with Crippen molar-refractivity contribution in [2.45, 2.75) is 31.1 Å². The van der Waals surface area contributed by atoms with Gasteiger partial charge in [0, 0.05) is 18.5 Å². The van der Waals surface area contributed by atoms with Gasteiger partial charge in [0.25, 0.3) is 10.0 Å². The van der Waals surface area contributed by atoms with E-state index in [1.165, 1.54) is 15.6 Å². The topological polar surface area (TPSA) is 62.6 Å². The van der Waals surface area contributed by atoms with Crippen LogP contribution in [0.15, 0.2) is 26.8 Å². The molecule has 1 N–H and O–H groups in total. The molecule has 0 saturated carbocycles. The Morgan fingerprint density at radius 3 is 2.62 bits per heavy atom. The van der Waals surface area contributed by atoms with E-state index in [0.717, 1.165) is 16.2 Å². The number of hydrogen-bond acceptors (Lipinski definition) is 5. The molecule has 5 nitrogen and oxygen atoms in total. The fourth-order valence-corrected chi connectivity index (χ4v) is 4.93. The molecule has 0 atom stereocenters. The second kappa shape index (κ2) is 6.31. The first kappa shape index (κ1) is 16.2. The van der Waals surface area contributed by atoms with Crippen molar-refractivity contribution in [1.29, 1.82) is 0 Å². The second-order valence-corrected chi connectivity index (χ2v) is 8.38. The predicted molar refractivity (Wildman–Crippen MR) is 83.9 cm³/mol. The summed E-state index contributed by atoms with van der Waals surface area (Å²) in [6.45, 7) is 4.67. The first-order chi connectivity index (χ1) is 9.84. The van der Waals surface area contributed by atoms with E-state index in [2.05, 4.69) is 5.32 Å². The molecule has 0 radical (unpaired) electrons. The Morgan fingerprint density at radius 1 is 1.33 bits per heavy atom. The fraction of sp³-hybridized carbons (Fsp3) is 0.429. The van der Waals surface area contributed by atoms with Gasteiger partial charge in [-0.2, -0.15) is 4.31 Å². The van der Waals surface area contributed by atoms with Gasteiger partial charge in [-0.3, -0.25) is 0 Å². The van der Waals surface area contributed by atoms with E-state index in [1.807, 2.05) is 27.0 Å². The van der Waals surface area contributed by atoms with Crippen LogP contribution in [0.1, 0.15) is 22.0 Å². The molecule has 2 aromatic rings. The highest BCUT2D eigenvalue weighted by Crippen LogP contribution is 2.28. The Kier molecular flexibility index (Phi) is 4.88. The molecule has 2 rings (SSSR count). The molecule has 2 aromatic heterocycles. The molecule has 0 aromatic carbocycles. The lowest BCUT2D eigenvalue weighted by atomic mass is 10.3. The Hall–Kier alpha value is -1.15. The van der Waals surface area contributed by atoms with Crippen LogP contribution in [-0.2, 0) is 23.1 Å². The summed E-state index contributed by atoms with van der Waals surface area (Å²) < 4.78 is 32.3. The molecular formula is C14H20N2O3S2. The van der Waals surface area contributed by atoms with Crippen molar-refractivity contribution in [3.8, 4) is 0 Å². The number of hydrogen-bond donors (Lipinski definition) is 1. The van der Waals surface area contributed by atoms with Gasteiger partial charge in [0.2, 0.25) is 0 Å². The minimum absolute atomic E-state index is 0.231. The zero-order valence-electron chi connectivity index (χ0n) is 12.6. The number of aryl methyl sites for hydroxylation is 2. The first-order valence-electron chi connectivity index (χ1n) is 6.60. The summed E-state index contributed by atoms with van der Waals surface area (Å²) in [5, 5.41) is 3.05. The fourth-order valence-electron chi connectivity index (χ4n) is 1.98. The molecule has 116 valence electrons. The Bertz CT molecular complexity index is 716. The highest BCUT2D eigenvalue weighted by Gasteiger charge is 2.24. The van der Waals surface area contributed by atoms with Gasteiger partial charge in [-0.05, 0) is 44.7 Å². The van der Waals surface area contributed by atoms with Gasteiger partial charge in [0.15, 0.2) is 0 Å². The molecule has 0 spiro atoms.